The molecule has 0 unspecified atom stereocenters. The van der Waals surface area contributed by atoms with Gasteiger partial charge in [0, 0.05) is 18.6 Å². The van der Waals surface area contributed by atoms with Crippen LogP contribution in [0, 0.1) is 6.92 Å². The molecule has 0 radical (unpaired) electrons. The van der Waals surface area contributed by atoms with Crippen LogP contribution < -0.4 is 5.73 Å². The van der Waals surface area contributed by atoms with Crippen molar-refractivity contribution in [1.29, 1.82) is 0 Å². The predicted octanol–water partition coefficient (Wildman–Crippen LogP) is 2.34. The van der Waals surface area contributed by atoms with Gasteiger partial charge in [-0.15, -0.1) is 0 Å². The Morgan fingerprint density at radius 2 is 2.00 bits per heavy atom. The smallest absolute Gasteiger partial charge is 0.130 e. The van der Waals surface area contributed by atoms with Crippen LogP contribution in [0.2, 0.25) is 0 Å². The second kappa shape index (κ2) is 5.69. The molecule has 0 saturated heterocycles. The molecule has 96 valence electrons. The molecule has 0 aliphatic rings. The van der Waals surface area contributed by atoms with Crippen LogP contribution in [0.1, 0.15) is 18.2 Å². The lowest BCUT2D eigenvalue weighted by atomic mass is 10.2. The van der Waals surface area contributed by atoms with Gasteiger partial charge in [-0.2, -0.15) is 5.10 Å². The summed E-state index contributed by atoms with van der Waals surface area (Å²) in [5.74, 6) is 0.702. The minimum absolute atomic E-state index is 0.683. The summed E-state index contributed by atoms with van der Waals surface area (Å²) in [4.78, 5) is 0. The van der Waals surface area contributed by atoms with Gasteiger partial charge < -0.3 is 10.5 Å². The third-order valence-electron chi connectivity index (χ3n) is 2.95. The van der Waals surface area contributed by atoms with Crippen molar-refractivity contribution in [2.24, 2.45) is 0 Å². The summed E-state index contributed by atoms with van der Waals surface area (Å²) in [5, 5.41) is 4.56. The van der Waals surface area contributed by atoms with Crippen LogP contribution in [-0.2, 0) is 11.2 Å². The van der Waals surface area contributed by atoms with Crippen molar-refractivity contribution in [3.63, 3.8) is 0 Å². The summed E-state index contributed by atoms with van der Waals surface area (Å²) in [6.07, 6.45) is 0.795. The molecular formula is C14H19N3O. The topological polar surface area (TPSA) is 53.1 Å². The highest BCUT2D eigenvalue weighted by Gasteiger charge is 2.12. The molecule has 2 aromatic rings. The second-order valence-corrected chi connectivity index (χ2v) is 4.15. The van der Waals surface area contributed by atoms with Crippen LogP contribution in [0.5, 0.6) is 0 Å². The summed E-state index contributed by atoms with van der Waals surface area (Å²) in [7, 11) is 0. The van der Waals surface area contributed by atoms with E-state index in [1.54, 1.807) is 4.68 Å². The Labute approximate surface area is 107 Å². The molecule has 18 heavy (non-hydrogen) atoms. The van der Waals surface area contributed by atoms with Crippen LogP contribution >= 0.6 is 0 Å². The number of aromatic nitrogens is 2. The maximum atomic E-state index is 6.10. The molecule has 0 aliphatic carbocycles. The van der Waals surface area contributed by atoms with Crippen molar-refractivity contribution in [1.82, 2.24) is 9.78 Å². The average Bonchev–Trinajstić information content (AvgIpc) is 2.68. The third kappa shape index (κ3) is 2.54. The van der Waals surface area contributed by atoms with Crippen molar-refractivity contribution in [3.8, 4) is 5.69 Å². The molecule has 1 heterocycles. The fourth-order valence-electron chi connectivity index (χ4n) is 1.87. The number of ether oxygens (including phenoxy) is 1. The van der Waals surface area contributed by atoms with Gasteiger partial charge in [0.1, 0.15) is 5.82 Å². The van der Waals surface area contributed by atoms with Crippen LogP contribution in [0.15, 0.2) is 30.3 Å². The fraction of sp³-hybridized carbons (Fsp3) is 0.357. The van der Waals surface area contributed by atoms with Crippen molar-refractivity contribution in [3.05, 3.63) is 41.6 Å². The molecule has 0 atom stereocenters. The molecule has 0 aliphatic heterocycles. The maximum absolute atomic E-state index is 6.10. The standard InChI is InChI=1S/C14H19N3O/c1-3-18-10-9-13-11(2)14(15)17(16-13)12-7-5-4-6-8-12/h4-8H,3,9-10,15H2,1-2H3. The van der Waals surface area contributed by atoms with E-state index in [1.807, 2.05) is 44.2 Å². The van der Waals surface area contributed by atoms with Gasteiger partial charge in [0.25, 0.3) is 0 Å². The lowest BCUT2D eigenvalue weighted by molar-refractivity contribution is 0.150. The lowest BCUT2D eigenvalue weighted by Crippen LogP contribution is -2.02. The van der Waals surface area contributed by atoms with Gasteiger partial charge in [-0.25, -0.2) is 4.68 Å². The molecule has 2 rings (SSSR count). The first-order valence-corrected chi connectivity index (χ1v) is 6.21. The molecule has 0 amide bonds. The number of hydrogen-bond donors (Lipinski definition) is 1. The number of hydrogen-bond acceptors (Lipinski definition) is 3. The summed E-state index contributed by atoms with van der Waals surface area (Å²) >= 11 is 0. The van der Waals surface area contributed by atoms with Crippen molar-refractivity contribution in [2.45, 2.75) is 20.3 Å². The first-order valence-electron chi connectivity index (χ1n) is 6.21. The van der Waals surface area contributed by atoms with E-state index in [0.29, 0.717) is 12.4 Å². The predicted molar refractivity (Wildman–Crippen MR) is 72.9 cm³/mol. The molecule has 1 aromatic carbocycles. The SMILES string of the molecule is CCOCCc1nn(-c2ccccc2)c(N)c1C. The fourth-order valence-corrected chi connectivity index (χ4v) is 1.87. The minimum Gasteiger partial charge on any atom is -0.383 e. The Morgan fingerprint density at radius 1 is 1.28 bits per heavy atom. The first-order chi connectivity index (χ1) is 8.74. The van der Waals surface area contributed by atoms with Crippen molar-refractivity contribution < 1.29 is 4.74 Å². The van der Waals surface area contributed by atoms with Gasteiger partial charge in [0.2, 0.25) is 0 Å². The molecule has 4 nitrogen and oxygen atoms in total. The average molecular weight is 245 g/mol. The lowest BCUT2D eigenvalue weighted by Gasteiger charge is -2.02. The van der Waals surface area contributed by atoms with Crippen LogP contribution in [0.4, 0.5) is 5.82 Å². The van der Waals surface area contributed by atoms with Gasteiger partial charge >= 0.3 is 0 Å². The molecule has 0 fully saturated rings. The molecule has 0 saturated carbocycles. The highest BCUT2D eigenvalue weighted by atomic mass is 16.5. The Kier molecular flexibility index (Phi) is 3.99. The summed E-state index contributed by atoms with van der Waals surface area (Å²) < 4.78 is 7.15. The van der Waals surface area contributed by atoms with Gasteiger partial charge in [-0.3, -0.25) is 0 Å². The van der Waals surface area contributed by atoms with Crippen molar-refractivity contribution in [2.75, 3.05) is 18.9 Å². The quantitative estimate of drug-likeness (QED) is 0.823. The highest BCUT2D eigenvalue weighted by Crippen LogP contribution is 2.20. The number of anilines is 1. The van der Waals surface area contributed by atoms with E-state index < -0.39 is 0 Å². The van der Waals surface area contributed by atoms with Gasteiger partial charge in [0.05, 0.1) is 18.0 Å². The molecular weight excluding hydrogens is 226 g/mol. The zero-order chi connectivity index (χ0) is 13.0. The summed E-state index contributed by atoms with van der Waals surface area (Å²) in [6, 6.07) is 9.92. The normalized spacial score (nSPS) is 10.8. The third-order valence-corrected chi connectivity index (χ3v) is 2.95. The molecule has 1 aromatic heterocycles. The number of nitrogens with two attached hydrogens (primary N) is 1. The minimum atomic E-state index is 0.683. The Hall–Kier alpha value is -1.81. The van der Waals surface area contributed by atoms with E-state index >= 15 is 0 Å². The largest absolute Gasteiger partial charge is 0.383 e. The molecule has 0 spiro atoms. The second-order valence-electron chi connectivity index (χ2n) is 4.15. The number of nitrogens with zero attached hydrogens (tertiary/aromatic N) is 2. The van der Waals surface area contributed by atoms with E-state index in [2.05, 4.69) is 5.10 Å². The zero-order valence-corrected chi connectivity index (χ0v) is 10.9. The zero-order valence-electron chi connectivity index (χ0n) is 10.9. The van der Waals surface area contributed by atoms with Crippen LogP contribution in [-0.4, -0.2) is 23.0 Å². The Morgan fingerprint density at radius 3 is 2.67 bits per heavy atom. The maximum Gasteiger partial charge on any atom is 0.130 e. The van der Waals surface area contributed by atoms with E-state index in [1.165, 1.54) is 0 Å². The van der Waals surface area contributed by atoms with Gasteiger partial charge in [-0.05, 0) is 26.0 Å². The summed E-state index contributed by atoms with van der Waals surface area (Å²) in [5.41, 5.74) is 9.13. The number of benzene rings is 1. The van der Waals surface area contributed by atoms with Crippen LogP contribution in [0.3, 0.4) is 0 Å². The van der Waals surface area contributed by atoms with Crippen LogP contribution in [0.25, 0.3) is 5.69 Å². The van der Waals surface area contributed by atoms with Gasteiger partial charge in [0.15, 0.2) is 0 Å². The monoisotopic (exact) mass is 245 g/mol. The first kappa shape index (κ1) is 12.6. The molecule has 4 heteroatoms. The van der Waals surface area contributed by atoms with E-state index in [0.717, 1.165) is 30.0 Å². The molecule has 0 bridgehead atoms. The van der Waals surface area contributed by atoms with E-state index in [4.69, 9.17) is 10.5 Å². The Balaban J connectivity index is 2.25. The van der Waals surface area contributed by atoms with Gasteiger partial charge in [-0.1, -0.05) is 18.2 Å². The van der Waals surface area contributed by atoms with E-state index in [9.17, 15) is 0 Å². The highest BCUT2D eigenvalue weighted by molar-refractivity contribution is 5.49. The summed E-state index contributed by atoms with van der Waals surface area (Å²) in [6.45, 7) is 5.41. The Bertz CT molecular complexity index is 505. The number of rotatable bonds is 5. The molecule has 2 N–H and O–H groups in total. The van der Waals surface area contributed by atoms with E-state index in [-0.39, 0.29) is 0 Å². The number of para-hydroxylation sites is 1. The number of nitrogen functional groups attached to an aromatic ring is 1. The van der Waals surface area contributed by atoms with Crippen molar-refractivity contribution >= 4 is 5.82 Å².